The highest BCUT2D eigenvalue weighted by molar-refractivity contribution is 5.93. The molecule has 0 saturated carbocycles. The number of anilines is 2. The fourth-order valence-electron chi connectivity index (χ4n) is 3.27. The van der Waals surface area contributed by atoms with E-state index >= 15 is 0 Å². The van der Waals surface area contributed by atoms with Gasteiger partial charge in [0, 0.05) is 36.7 Å². The first-order valence-electron chi connectivity index (χ1n) is 8.87. The summed E-state index contributed by atoms with van der Waals surface area (Å²) in [5.74, 6) is 1.56. The van der Waals surface area contributed by atoms with E-state index < -0.39 is 0 Å². The molecule has 0 aliphatic carbocycles. The quantitative estimate of drug-likeness (QED) is 0.505. The lowest BCUT2D eigenvalue weighted by atomic mass is 10.1. The molecule has 0 atom stereocenters. The number of hydrogen-bond donors (Lipinski definition) is 2. The number of nitrogens with one attached hydrogen (secondary N) is 2. The molecule has 0 spiro atoms. The first kappa shape index (κ1) is 16.2. The van der Waals surface area contributed by atoms with Crippen LogP contribution < -0.4 is 5.32 Å². The molecule has 28 heavy (non-hydrogen) atoms. The van der Waals surface area contributed by atoms with E-state index in [0.717, 1.165) is 39.4 Å². The minimum Gasteiger partial charge on any atom is -0.345 e. The van der Waals surface area contributed by atoms with Crippen LogP contribution in [0.1, 0.15) is 0 Å². The van der Waals surface area contributed by atoms with Crippen molar-refractivity contribution in [1.82, 2.24) is 34.5 Å². The van der Waals surface area contributed by atoms with Crippen molar-refractivity contribution in [2.45, 2.75) is 0 Å². The van der Waals surface area contributed by atoms with Crippen LogP contribution in [0.3, 0.4) is 0 Å². The molecule has 4 aromatic heterocycles. The van der Waals surface area contributed by atoms with E-state index in [1.807, 2.05) is 67.4 Å². The summed E-state index contributed by atoms with van der Waals surface area (Å²) in [6, 6.07) is 14.1. The first-order valence-corrected chi connectivity index (χ1v) is 8.87. The Kier molecular flexibility index (Phi) is 3.68. The number of H-pyrrole nitrogens is 1. The number of rotatable bonds is 4. The molecule has 0 aliphatic rings. The summed E-state index contributed by atoms with van der Waals surface area (Å²) in [5.41, 5.74) is 4.67. The van der Waals surface area contributed by atoms with E-state index in [4.69, 9.17) is 4.98 Å². The number of aromatic nitrogens is 7. The van der Waals surface area contributed by atoms with Crippen LogP contribution in [-0.4, -0.2) is 34.5 Å². The number of hydrogen-bond acceptors (Lipinski definition) is 5. The van der Waals surface area contributed by atoms with E-state index in [9.17, 15) is 0 Å². The topological polar surface area (TPSA) is 89.2 Å². The molecule has 0 amide bonds. The van der Waals surface area contributed by atoms with Crippen LogP contribution in [0.2, 0.25) is 0 Å². The zero-order valence-corrected chi connectivity index (χ0v) is 15.5. The van der Waals surface area contributed by atoms with Gasteiger partial charge in [0.25, 0.3) is 0 Å². The van der Waals surface area contributed by atoms with Crippen molar-refractivity contribution in [3.05, 3.63) is 61.2 Å². The fraction of sp³-hybridized carbons (Fsp3) is 0.100. The van der Waals surface area contributed by atoms with Gasteiger partial charge in [-0.25, -0.2) is 9.97 Å². The lowest BCUT2D eigenvalue weighted by Crippen LogP contribution is -2.02. The summed E-state index contributed by atoms with van der Waals surface area (Å²) in [7, 11) is 3.79. The number of imidazole rings is 1. The summed E-state index contributed by atoms with van der Waals surface area (Å²) >= 11 is 0. The number of fused-ring (bicyclic) bond motifs is 1. The number of benzene rings is 1. The summed E-state index contributed by atoms with van der Waals surface area (Å²) in [6.07, 6.45) is 5.28. The van der Waals surface area contributed by atoms with Crippen LogP contribution in [0, 0.1) is 0 Å². The van der Waals surface area contributed by atoms with Crippen LogP contribution >= 0.6 is 0 Å². The third-order valence-corrected chi connectivity index (χ3v) is 4.70. The Morgan fingerprint density at radius 3 is 2.64 bits per heavy atom. The second-order valence-corrected chi connectivity index (χ2v) is 6.56. The second-order valence-electron chi connectivity index (χ2n) is 6.56. The first-order chi connectivity index (χ1) is 13.7. The Hall–Kier alpha value is -3.94. The van der Waals surface area contributed by atoms with Gasteiger partial charge in [-0.2, -0.15) is 10.2 Å². The maximum Gasteiger partial charge on any atom is 0.160 e. The molecule has 0 bridgehead atoms. The highest BCUT2D eigenvalue weighted by Gasteiger charge is 2.14. The van der Waals surface area contributed by atoms with E-state index in [2.05, 4.69) is 25.5 Å². The summed E-state index contributed by atoms with van der Waals surface area (Å²) in [4.78, 5) is 12.0. The van der Waals surface area contributed by atoms with Crippen LogP contribution in [0.5, 0.6) is 0 Å². The largest absolute Gasteiger partial charge is 0.345 e. The molecule has 8 heteroatoms. The van der Waals surface area contributed by atoms with E-state index in [-0.39, 0.29) is 0 Å². The molecule has 0 radical (unpaired) electrons. The van der Waals surface area contributed by atoms with Gasteiger partial charge in [-0.15, -0.1) is 0 Å². The minimum atomic E-state index is 0.711. The van der Waals surface area contributed by atoms with Gasteiger partial charge in [-0.1, -0.05) is 30.3 Å². The van der Waals surface area contributed by atoms with Crippen molar-refractivity contribution in [2.75, 3.05) is 5.32 Å². The average molecular weight is 370 g/mol. The van der Waals surface area contributed by atoms with E-state index in [1.165, 1.54) is 0 Å². The molecule has 0 aliphatic heterocycles. The van der Waals surface area contributed by atoms with Gasteiger partial charge < -0.3 is 10.3 Å². The molecule has 5 aromatic rings. The standard InChI is InChI=1S/C20H18N8/c1-27-19(9-16(26-27)13-6-4-3-5-7-13)24-18-8-14(17-11-21-12-22-17)15-10-23-28(2)20(15)25-18/h3-12H,1-2H3,(H,21,22)(H,24,25). The van der Waals surface area contributed by atoms with Crippen molar-refractivity contribution in [3.63, 3.8) is 0 Å². The SMILES string of the molecule is Cn1nc(-c2ccccc2)cc1Nc1cc(-c2cnc[nH]2)c2cnn(C)c2n1. The second kappa shape index (κ2) is 6.34. The van der Waals surface area contributed by atoms with E-state index in [0.29, 0.717) is 5.82 Å². The molecule has 8 nitrogen and oxygen atoms in total. The summed E-state index contributed by atoms with van der Waals surface area (Å²) in [6.45, 7) is 0. The maximum atomic E-state index is 4.74. The zero-order valence-electron chi connectivity index (χ0n) is 15.5. The molecule has 138 valence electrons. The Morgan fingerprint density at radius 2 is 1.86 bits per heavy atom. The van der Waals surface area contributed by atoms with Crippen LogP contribution in [0.4, 0.5) is 11.6 Å². The highest BCUT2D eigenvalue weighted by Crippen LogP contribution is 2.30. The Labute approximate surface area is 160 Å². The predicted octanol–water partition coefficient (Wildman–Crippen LogP) is 3.50. The zero-order chi connectivity index (χ0) is 19.1. The van der Waals surface area contributed by atoms with Crippen LogP contribution in [-0.2, 0) is 14.1 Å². The molecule has 1 aromatic carbocycles. The predicted molar refractivity (Wildman–Crippen MR) is 108 cm³/mol. The van der Waals surface area contributed by atoms with Gasteiger partial charge in [0.2, 0.25) is 0 Å². The molecular weight excluding hydrogens is 352 g/mol. The third kappa shape index (κ3) is 2.71. The number of aryl methyl sites for hydroxylation is 2. The van der Waals surface area contributed by atoms with Gasteiger partial charge in [0.15, 0.2) is 5.65 Å². The number of nitrogens with zero attached hydrogens (tertiary/aromatic N) is 6. The van der Waals surface area contributed by atoms with Crippen molar-refractivity contribution in [3.8, 4) is 22.5 Å². The van der Waals surface area contributed by atoms with Crippen molar-refractivity contribution >= 4 is 22.7 Å². The normalized spacial score (nSPS) is 11.2. The monoisotopic (exact) mass is 370 g/mol. The maximum absolute atomic E-state index is 4.74. The van der Waals surface area contributed by atoms with Crippen LogP contribution in [0.15, 0.2) is 61.2 Å². The molecular formula is C20H18N8. The Balaban J connectivity index is 1.58. The lowest BCUT2D eigenvalue weighted by molar-refractivity contribution is 0.777. The third-order valence-electron chi connectivity index (χ3n) is 4.70. The van der Waals surface area contributed by atoms with Gasteiger partial charge in [0.05, 0.1) is 30.1 Å². The van der Waals surface area contributed by atoms with Gasteiger partial charge >= 0.3 is 0 Å². The van der Waals surface area contributed by atoms with Gasteiger partial charge in [-0.3, -0.25) is 9.36 Å². The summed E-state index contributed by atoms with van der Waals surface area (Å²) in [5, 5.41) is 13.3. The van der Waals surface area contributed by atoms with Gasteiger partial charge in [-0.05, 0) is 6.07 Å². The molecule has 0 unspecified atom stereocenters. The van der Waals surface area contributed by atoms with Crippen molar-refractivity contribution in [1.29, 1.82) is 0 Å². The van der Waals surface area contributed by atoms with Crippen LogP contribution in [0.25, 0.3) is 33.5 Å². The molecule has 0 fully saturated rings. The Morgan fingerprint density at radius 1 is 1.00 bits per heavy atom. The smallest absolute Gasteiger partial charge is 0.160 e. The van der Waals surface area contributed by atoms with Crippen molar-refractivity contribution in [2.24, 2.45) is 14.1 Å². The number of aromatic amines is 1. The summed E-state index contributed by atoms with van der Waals surface area (Å²) < 4.78 is 3.58. The molecule has 4 heterocycles. The number of pyridine rings is 1. The molecule has 2 N–H and O–H groups in total. The van der Waals surface area contributed by atoms with E-state index in [1.54, 1.807) is 17.2 Å². The lowest BCUT2D eigenvalue weighted by Gasteiger charge is -2.08. The van der Waals surface area contributed by atoms with Crippen molar-refractivity contribution < 1.29 is 0 Å². The minimum absolute atomic E-state index is 0.711. The highest BCUT2D eigenvalue weighted by atomic mass is 15.3. The fourth-order valence-corrected chi connectivity index (χ4v) is 3.27. The molecule has 5 rings (SSSR count). The molecule has 0 saturated heterocycles. The Bertz CT molecular complexity index is 1250. The average Bonchev–Trinajstić information content (AvgIpc) is 3.45. The van der Waals surface area contributed by atoms with Gasteiger partial charge in [0.1, 0.15) is 11.6 Å².